The molecule has 0 fully saturated rings. The van der Waals surface area contributed by atoms with E-state index in [0.29, 0.717) is 17.4 Å². The molecule has 0 aromatic carbocycles. The molecule has 1 rings (SSSR count). The molecule has 0 atom stereocenters. The molecule has 0 saturated carbocycles. The second-order valence-electron chi connectivity index (χ2n) is 4.80. The third kappa shape index (κ3) is 3.76. The molecule has 0 bridgehead atoms. The molecule has 5 nitrogen and oxygen atoms in total. The topological polar surface area (TPSA) is 81.4 Å². The second kappa shape index (κ2) is 5.66. The molecule has 0 aliphatic carbocycles. The van der Waals surface area contributed by atoms with E-state index >= 15 is 0 Å². The minimum Gasteiger partial charge on any atom is -0.383 e. The van der Waals surface area contributed by atoms with Gasteiger partial charge in [0, 0.05) is 18.5 Å². The van der Waals surface area contributed by atoms with Crippen LogP contribution in [0.3, 0.4) is 0 Å². The lowest BCUT2D eigenvalue weighted by molar-refractivity contribution is 0.141. The first-order chi connectivity index (χ1) is 8.22. The summed E-state index contributed by atoms with van der Waals surface area (Å²) in [5.41, 5.74) is 5.82. The minimum absolute atomic E-state index is 0.296. The van der Waals surface area contributed by atoms with Gasteiger partial charge in [0.15, 0.2) is 0 Å². The van der Waals surface area contributed by atoms with Crippen molar-refractivity contribution >= 4 is 21.4 Å². The van der Waals surface area contributed by atoms with E-state index in [1.807, 2.05) is 6.92 Å². The molecular weight excluding hydrogens is 272 g/mol. The molecule has 1 aromatic heterocycles. The van der Waals surface area contributed by atoms with Gasteiger partial charge in [-0.1, -0.05) is 0 Å². The smallest absolute Gasteiger partial charge is 0.250 e. The van der Waals surface area contributed by atoms with Crippen LogP contribution in [0.5, 0.6) is 0 Å². The van der Waals surface area contributed by atoms with Gasteiger partial charge < -0.3 is 10.5 Å². The Morgan fingerprint density at radius 3 is 2.56 bits per heavy atom. The first kappa shape index (κ1) is 15.6. The van der Waals surface area contributed by atoms with Gasteiger partial charge in [-0.2, -0.15) is 0 Å². The molecule has 7 heteroatoms. The molecule has 3 N–H and O–H groups in total. The summed E-state index contributed by atoms with van der Waals surface area (Å²) in [5.74, 6) is 0. The Kier molecular flexibility index (Phi) is 4.90. The zero-order chi connectivity index (χ0) is 14.0. The van der Waals surface area contributed by atoms with E-state index in [1.165, 1.54) is 18.4 Å². The van der Waals surface area contributed by atoms with Crippen molar-refractivity contribution in [2.24, 2.45) is 5.73 Å². The second-order valence-corrected chi connectivity index (χ2v) is 7.84. The van der Waals surface area contributed by atoms with Gasteiger partial charge in [-0.15, -0.1) is 11.3 Å². The van der Waals surface area contributed by atoms with Crippen LogP contribution in [-0.2, 0) is 21.3 Å². The van der Waals surface area contributed by atoms with Crippen molar-refractivity contribution in [2.45, 2.75) is 37.1 Å². The molecule has 0 spiro atoms. The summed E-state index contributed by atoms with van der Waals surface area (Å²) in [7, 11) is -1.98. The van der Waals surface area contributed by atoms with Gasteiger partial charge in [0.25, 0.3) is 10.0 Å². The Morgan fingerprint density at radius 1 is 1.50 bits per heavy atom. The Bertz CT molecular complexity index is 506. The number of hydrogen-bond acceptors (Lipinski definition) is 5. The zero-order valence-corrected chi connectivity index (χ0v) is 12.7. The highest BCUT2D eigenvalue weighted by Crippen LogP contribution is 2.26. The first-order valence-corrected chi connectivity index (χ1v) is 7.84. The van der Waals surface area contributed by atoms with Crippen molar-refractivity contribution in [3.8, 4) is 0 Å². The molecule has 0 amide bonds. The number of methoxy groups -OCH3 is 1. The van der Waals surface area contributed by atoms with Crippen LogP contribution < -0.4 is 10.5 Å². The number of aryl methyl sites for hydroxylation is 1. The number of ether oxygens (including phenoxy) is 1. The maximum absolute atomic E-state index is 12.2. The summed E-state index contributed by atoms with van der Waals surface area (Å²) in [5, 5.41) is 0. The van der Waals surface area contributed by atoms with Crippen LogP contribution in [0.1, 0.15) is 24.3 Å². The lowest BCUT2D eigenvalue weighted by atomic mass is 10.1. The van der Waals surface area contributed by atoms with Gasteiger partial charge in [0.05, 0.1) is 12.1 Å². The number of nitrogens with one attached hydrogen (secondary N) is 1. The summed E-state index contributed by atoms with van der Waals surface area (Å²) >= 11 is 1.21. The van der Waals surface area contributed by atoms with Crippen LogP contribution in [0.4, 0.5) is 0 Å². The van der Waals surface area contributed by atoms with Crippen LogP contribution >= 0.6 is 11.3 Å². The van der Waals surface area contributed by atoms with E-state index in [1.54, 1.807) is 19.9 Å². The van der Waals surface area contributed by atoms with Crippen LogP contribution in [0.15, 0.2) is 10.3 Å². The number of rotatable bonds is 6. The van der Waals surface area contributed by atoms with Crippen molar-refractivity contribution in [3.05, 3.63) is 16.5 Å². The summed E-state index contributed by atoms with van der Waals surface area (Å²) in [6.07, 6.45) is 0. The number of sulfonamides is 1. The lowest BCUT2D eigenvalue weighted by Gasteiger charge is -2.24. The third-order valence-corrected chi connectivity index (χ3v) is 5.80. The van der Waals surface area contributed by atoms with E-state index in [9.17, 15) is 8.42 Å². The monoisotopic (exact) mass is 292 g/mol. The fraction of sp³-hybridized carbons (Fsp3) is 0.636. The molecule has 0 aliphatic heterocycles. The number of hydrogen-bond donors (Lipinski definition) is 2. The molecule has 104 valence electrons. The quantitative estimate of drug-likeness (QED) is 0.826. The molecule has 0 unspecified atom stereocenters. The molecule has 0 radical (unpaired) electrons. The van der Waals surface area contributed by atoms with Crippen molar-refractivity contribution < 1.29 is 13.2 Å². The Labute approximate surface area is 112 Å². The highest BCUT2D eigenvalue weighted by atomic mass is 32.2. The minimum atomic E-state index is -3.52. The van der Waals surface area contributed by atoms with E-state index in [2.05, 4.69) is 4.72 Å². The van der Waals surface area contributed by atoms with Crippen molar-refractivity contribution in [1.82, 2.24) is 4.72 Å². The van der Waals surface area contributed by atoms with Crippen LogP contribution in [0.2, 0.25) is 0 Å². The van der Waals surface area contributed by atoms with Gasteiger partial charge in [-0.3, -0.25) is 0 Å². The average molecular weight is 292 g/mol. The maximum atomic E-state index is 12.2. The average Bonchev–Trinajstić information content (AvgIpc) is 2.58. The van der Waals surface area contributed by atoms with Crippen molar-refractivity contribution in [3.63, 3.8) is 0 Å². The summed E-state index contributed by atoms with van der Waals surface area (Å²) in [6.45, 7) is 6.07. The van der Waals surface area contributed by atoms with Crippen molar-refractivity contribution in [1.29, 1.82) is 0 Å². The van der Waals surface area contributed by atoms with E-state index in [-0.39, 0.29) is 0 Å². The molecule has 0 aliphatic rings. The summed E-state index contributed by atoms with van der Waals surface area (Å²) in [4.78, 5) is 0.889. The zero-order valence-electron chi connectivity index (χ0n) is 11.1. The van der Waals surface area contributed by atoms with Gasteiger partial charge in [-0.05, 0) is 32.4 Å². The fourth-order valence-corrected chi connectivity index (χ4v) is 4.49. The number of thiophene rings is 1. The maximum Gasteiger partial charge on any atom is 0.250 e. The van der Waals surface area contributed by atoms with Gasteiger partial charge in [0.1, 0.15) is 4.21 Å². The predicted octanol–water partition coefficient (Wildman–Crippen LogP) is 1.22. The van der Waals surface area contributed by atoms with Crippen LogP contribution in [-0.4, -0.2) is 27.7 Å². The van der Waals surface area contributed by atoms with E-state index in [4.69, 9.17) is 10.5 Å². The molecule has 1 aromatic rings. The van der Waals surface area contributed by atoms with E-state index in [0.717, 1.165) is 10.4 Å². The summed E-state index contributed by atoms with van der Waals surface area (Å²) in [6, 6.07) is 1.65. The van der Waals surface area contributed by atoms with E-state index < -0.39 is 15.6 Å². The highest BCUT2D eigenvalue weighted by molar-refractivity contribution is 7.91. The first-order valence-electron chi connectivity index (χ1n) is 5.54. The Morgan fingerprint density at radius 2 is 2.11 bits per heavy atom. The fourth-order valence-electron chi connectivity index (χ4n) is 1.63. The highest BCUT2D eigenvalue weighted by Gasteiger charge is 2.27. The summed E-state index contributed by atoms with van der Waals surface area (Å²) < 4.78 is 32.3. The van der Waals surface area contributed by atoms with Crippen LogP contribution in [0, 0.1) is 6.92 Å². The molecule has 1 heterocycles. The van der Waals surface area contributed by atoms with Gasteiger partial charge in [-0.25, -0.2) is 13.1 Å². The Balaban J connectivity index is 2.99. The molecule has 0 saturated heterocycles. The van der Waals surface area contributed by atoms with Crippen LogP contribution in [0.25, 0.3) is 0 Å². The van der Waals surface area contributed by atoms with Gasteiger partial charge in [0.2, 0.25) is 0 Å². The normalized spacial score (nSPS) is 12.9. The largest absolute Gasteiger partial charge is 0.383 e. The van der Waals surface area contributed by atoms with Crippen molar-refractivity contribution in [2.75, 3.05) is 13.7 Å². The Hall–Kier alpha value is -0.470. The third-order valence-electron chi connectivity index (χ3n) is 2.36. The SMILES string of the molecule is COCC(C)(C)NS(=O)(=O)c1cc(C)c(CN)s1. The number of nitrogens with two attached hydrogens (primary N) is 1. The van der Waals surface area contributed by atoms with Gasteiger partial charge >= 0.3 is 0 Å². The molecular formula is C11H20N2O3S2. The lowest BCUT2D eigenvalue weighted by Crippen LogP contribution is -2.46. The predicted molar refractivity (Wildman–Crippen MR) is 73.2 cm³/mol. The standard InChI is InChI=1S/C11H20N2O3S2/c1-8-5-10(17-9(8)6-12)18(14,15)13-11(2,3)7-16-4/h5,13H,6-7,12H2,1-4H3. The molecule has 18 heavy (non-hydrogen) atoms.